The maximum Gasteiger partial charge on any atom is 0.416 e. The third-order valence-corrected chi connectivity index (χ3v) is 4.24. The lowest BCUT2D eigenvalue weighted by atomic mass is 10.00. The lowest BCUT2D eigenvalue weighted by molar-refractivity contribution is -0.0872. The van der Waals surface area contributed by atoms with E-state index in [0.29, 0.717) is 11.5 Å². The Morgan fingerprint density at radius 3 is 2.29 bits per heavy atom. The highest BCUT2D eigenvalue weighted by atomic mass is 19.4. The fourth-order valence-corrected chi connectivity index (χ4v) is 3.03. The van der Waals surface area contributed by atoms with Gasteiger partial charge in [0.05, 0.1) is 11.3 Å². The van der Waals surface area contributed by atoms with E-state index in [0.717, 1.165) is 37.7 Å². The van der Waals surface area contributed by atoms with E-state index in [4.69, 9.17) is 0 Å². The molecule has 0 aliphatic carbocycles. The van der Waals surface area contributed by atoms with Crippen LogP contribution in [-0.4, -0.2) is 31.3 Å². The molecule has 0 aromatic carbocycles. The SMILES string of the molecule is C/C=C(\C(=C/C)C(F)(F)F)c1cc(N2CCCCC2)cc(NC)n1. The predicted molar refractivity (Wildman–Crippen MR) is 93.3 cm³/mol. The average molecular weight is 339 g/mol. The topological polar surface area (TPSA) is 28.2 Å². The van der Waals surface area contributed by atoms with Gasteiger partial charge < -0.3 is 10.2 Å². The van der Waals surface area contributed by atoms with Crippen molar-refractivity contribution in [1.82, 2.24) is 4.98 Å². The number of anilines is 2. The van der Waals surface area contributed by atoms with Crippen LogP contribution in [0.4, 0.5) is 24.7 Å². The van der Waals surface area contributed by atoms with E-state index in [1.807, 2.05) is 6.07 Å². The zero-order chi connectivity index (χ0) is 17.7. The second-order valence-electron chi connectivity index (χ2n) is 5.80. The number of pyridine rings is 1. The Morgan fingerprint density at radius 2 is 1.79 bits per heavy atom. The van der Waals surface area contributed by atoms with Crippen molar-refractivity contribution in [3.05, 3.63) is 35.6 Å². The molecule has 2 rings (SSSR count). The second-order valence-corrected chi connectivity index (χ2v) is 5.80. The molecule has 0 atom stereocenters. The summed E-state index contributed by atoms with van der Waals surface area (Å²) in [6.07, 6.45) is 1.58. The van der Waals surface area contributed by atoms with Gasteiger partial charge in [-0.25, -0.2) is 4.98 Å². The monoisotopic (exact) mass is 339 g/mol. The summed E-state index contributed by atoms with van der Waals surface area (Å²) in [4.78, 5) is 6.57. The van der Waals surface area contributed by atoms with Gasteiger partial charge in [0.2, 0.25) is 0 Å². The lowest BCUT2D eigenvalue weighted by Gasteiger charge is -2.29. The molecule has 1 aromatic heterocycles. The van der Waals surface area contributed by atoms with E-state index in [2.05, 4.69) is 15.2 Å². The zero-order valence-corrected chi connectivity index (χ0v) is 14.4. The lowest BCUT2D eigenvalue weighted by Crippen LogP contribution is -2.29. The van der Waals surface area contributed by atoms with Crippen LogP contribution in [0.25, 0.3) is 5.57 Å². The molecule has 1 aliphatic rings. The van der Waals surface area contributed by atoms with Crippen LogP contribution in [0, 0.1) is 0 Å². The molecule has 1 fully saturated rings. The van der Waals surface area contributed by atoms with Crippen LogP contribution in [0.2, 0.25) is 0 Å². The van der Waals surface area contributed by atoms with Crippen LogP contribution in [0.1, 0.15) is 38.8 Å². The number of halogens is 3. The number of nitrogens with zero attached hydrogens (tertiary/aromatic N) is 2. The highest BCUT2D eigenvalue weighted by Crippen LogP contribution is 2.37. The summed E-state index contributed by atoms with van der Waals surface area (Å²) in [5, 5.41) is 2.96. The van der Waals surface area contributed by atoms with Crippen LogP contribution >= 0.6 is 0 Å². The van der Waals surface area contributed by atoms with Crippen molar-refractivity contribution in [1.29, 1.82) is 0 Å². The van der Waals surface area contributed by atoms with Gasteiger partial charge in [0.15, 0.2) is 0 Å². The number of aromatic nitrogens is 1. The first kappa shape index (κ1) is 18.4. The first-order chi connectivity index (χ1) is 11.4. The van der Waals surface area contributed by atoms with E-state index in [1.54, 1.807) is 20.0 Å². The number of nitrogens with one attached hydrogen (secondary N) is 1. The molecule has 0 spiro atoms. The molecule has 0 radical (unpaired) electrons. The minimum Gasteiger partial charge on any atom is -0.373 e. The Kier molecular flexibility index (Phi) is 5.91. The molecular formula is C18H24F3N3. The van der Waals surface area contributed by atoms with Gasteiger partial charge in [0.1, 0.15) is 5.82 Å². The number of piperidine rings is 1. The number of allylic oxidation sites excluding steroid dienone is 4. The highest BCUT2D eigenvalue weighted by molar-refractivity contribution is 5.80. The Morgan fingerprint density at radius 1 is 1.12 bits per heavy atom. The van der Waals surface area contributed by atoms with Crippen LogP contribution in [-0.2, 0) is 0 Å². The Balaban J connectivity index is 2.48. The van der Waals surface area contributed by atoms with E-state index >= 15 is 0 Å². The number of hydrogen-bond acceptors (Lipinski definition) is 3. The molecule has 2 heterocycles. The molecule has 0 amide bonds. The van der Waals surface area contributed by atoms with Crippen molar-refractivity contribution in [2.24, 2.45) is 0 Å². The smallest absolute Gasteiger partial charge is 0.373 e. The van der Waals surface area contributed by atoms with Crippen molar-refractivity contribution in [2.75, 3.05) is 30.4 Å². The Labute approximate surface area is 141 Å². The maximum atomic E-state index is 13.3. The molecule has 1 N–H and O–H groups in total. The van der Waals surface area contributed by atoms with E-state index in [9.17, 15) is 13.2 Å². The molecule has 24 heavy (non-hydrogen) atoms. The maximum absolute atomic E-state index is 13.3. The van der Waals surface area contributed by atoms with Gasteiger partial charge in [-0.15, -0.1) is 0 Å². The fourth-order valence-electron chi connectivity index (χ4n) is 3.03. The van der Waals surface area contributed by atoms with Gasteiger partial charge in [-0.1, -0.05) is 12.2 Å². The summed E-state index contributed by atoms with van der Waals surface area (Å²) in [5.74, 6) is 0.574. The van der Waals surface area contributed by atoms with Crippen LogP contribution < -0.4 is 10.2 Å². The molecule has 132 valence electrons. The van der Waals surface area contributed by atoms with Crippen molar-refractivity contribution in [3.8, 4) is 0 Å². The summed E-state index contributed by atoms with van der Waals surface area (Å²) in [6, 6.07) is 3.65. The van der Waals surface area contributed by atoms with Gasteiger partial charge in [-0.2, -0.15) is 13.2 Å². The van der Waals surface area contributed by atoms with Gasteiger partial charge >= 0.3 is 6.18 Å². The van der Waals surface area contributed by atoms with Crippen molar-refractivity contribution in [3.63, 3.8) is 0 Å². The molecule has 6 heteroatoms. The van der Waals surface area contributed by atoms with E-state index in [1.165, 1.54) is 19.4 Å². The Hall–Kier alpha value is -1.98. The third kappa shape index (κ3) is 4.10. The molecule has 0 unspecified atom stereocenters. The largest absolute Gasteiger partial charge is 0.416 e. The number of alkyl halides is 3. The number of rotatable bonds is 4. The molecule has 0 bridgehead atoms. The van der Waals surface area contributed by atoms with Gasteiger partial charge in [-0.3, -0.25) is 0 Å². The van der Waals surface area contributed by atoms with Crippen molar-refractivity contribution < 1.29 is 13.2 Å². The molecule has 3 nitrogen and oxygen atoms in total. The van der Waals surface area contributed by atoms with Gasteiger partial charge in [-0.05, 0) is 39.2 Å². The summed E-state index contributed by atoms with van der Waals surface area (Å²) < 4.78 is 40.0. The van der Waals surface area contributed by atoms with Crippen molar-refractivity contribution >= 4 is 17.1 Å². The summed E-state index contributed by atoms with van der Waals surface area (Å²) in [6.45, 7) is 4.86. The van der Waals surface area contributed by atoms with Crippen LogP contribution in [0.5, 0.6) is 0 Å². The van der Waals surface area contributed by atoms with Crippen LogP contribution in [0.15, 0.2) is 29.9 Å². The van der Waals surface area contributed by atoms with Gasteiger partial charge in [0.25, 0.3) is 0 Å². The average Bonchev–Trinajstić information content (AvgIpc) is 2.58. The van der Waals surface area contributed by atoms with E-state index in [-0.39, 0.29) is 5.57 Å². The number of hydrogen-bond donors (Lipinski definition) is 1. The predicted octanol–water partition coefficient (Wildman–Crippen LogP) is 5.03. The Bertz CT molecular complexity index is 627. The summed E-state index contributed by atoms with van der Waals surface area (Å²) in [5.41, 5.74) is 0.715. The third-order valence-electron chi connectivity index (χ3n) is 4.24. The minimum atomic E-state index is -4.40. The quantitative estimate of drug-likeness (QED) is 0.780. The first-order valence-electron chi connectivity index (χ1n) is 8.26. The standard InChI is InChI=1S/C18H24F3N3/c1-4-14(15(5-2)18(19,20)21)16-11-13(12-17(22-3)23-16)24-9-7-6-8-10-24/h4-5,11-12H,6-10H2,1-3H3,(H,22,23)/b14-4+,15-5+. The van der Waals surface area contributed by atoms with E-state index < -0.39 is 11.7 Å². The molecule has 1 saturated heterocycles. The zero-order valence-electron chi connectivity index (χ0n) is 14.4. The fraction of sp³-hybridized carbons (Fsp3) is 0.500. The van der Waals surface area contributed by atoms with Gasteiger partial charge in [0, 0.05) is 37.5 Å². The molecule has 1 aromatic rings. The highest BCUT2D eigenvalue weighted by Gasteiger charge is 2.36. The molecular weight excluding hydrogens is 315 g/mol. The second kappa shape index (κ2) is 7.73. The molecule has 0 saturated carbocycles. The van der Waals surface area contributed by atoms with Crippen molar-refractivity contribution in [2.45, 2.75) is 39.3 Å². The normalized spacial score (nSPS) is 17.2. The first-order valence-corrected chi connectivity index (χ1v) is 8.26. The molecule has 1 aliphatic heterocycles. The van der Waals surface area contributed by atoms with Crippen LogP contribution in [0.3, 0.4) is 0 Å². The summed E-state index contributed by atoms with van der Waals surface area (Å²) >= 11 is 0. The minimum absolute atomic E-state index is 0.111. The summed E-state index contributed by atoms with van der Waals surface area (Å²) in [7, 11) is 1.72.